The smallest absolute Gasteiger partial charge is 0.227 e. The van der Waals surface area contributed by atoms with Gasteiger partial charge >= 0.3 is 0 Å². The van der Waals surface area contributed by atoms with E-state index in [1.807, 2.05) is 28.9 Å². The number of hydrogen-bond donors (Lipinski definition) is 1. The fraction of sp³-hybridized carbons (Fsp3) is 0.389. The molecule has 1 aromatic heterocycles. The summed E-state index contributed by atoms with van der Waals surface area (Å²) < 4.78 is 7.22. The molecule has 0 radical (unpaired) electrons. The molecule has 0 unspecified atom stereocenters. The molecule has 2 heterocycles. The molecule has 2 aliphatic rings. The number of nitrogens with zero attached hydrogens (tertiary/aromatic N) is 3. The minimum atomic E-state index is -0.257. The van der Waals surface area contributed by atoms with Crippen molar-refractivity contribution in [2.45, 2.75) is 37.4 Å². The van der Waals surface area contributed by atoms with Crippen LogP contribution in [0.1, 0.15) is 37.8 Å². The van der Waals surface area contributed by atoms with Crippen molar-refractivity contribution in [1.29, 1.82) is 0 Å². The second-order valence-corrected chi connectivity index (χ2v) is 7.30. The second-order valence-electron chi connectivity index (χ2n) is 6.07. The van der Waals surface area contributed by atoms with Gasteiger partial charge in [0.05, 0.1) is 7.11 Å². The van der Waals surface area contributed by atoms with E-state index in [-0.39, 0.29) is 11.8 Å². The quantitative estimate of drug-likeness (QED) is 0.847. The number of aromatic nitrogens is 3. The number of ether oxygens (including phenoxy) is 1. The minimum Gasteiger partial charge on any atom is -0.497 e. The summed E-state index contributed by atoms with van der Waals surface area (Å²) in [5, 5.41) is 8.73. The summed E-state index contributed by atoms with van der Waals surface area (Å²) in [5.41, 5.74) is 2.78. The first kappa shape index (κ1) is 16.2. The van der Waals surface area contributed by atoms with Gasteiger partial charge in [-0.05, 0) is 36.3 Å². The van der Waals surface area contributed by atoms with Gasteiger partial charge in [0.2, 0.25) is 11.1 Å². The highest BCUT2D eigenvalue weighted by atomic mass is 32.2. The fourth-order valence-electron chi connectivity index (χ4n) is 3.45. The van der Waals surface area contributed by atoms with Crippen molar-refractivity contribution >= 4 is 23.5 Å². The number of thioether (sulfide) groups is 1. The van der Waals surface area contributed by atoms with Crippen molar-refractivity contribution in [3.8, 4) is 5.75 Å². The number of fused-ring (bicyclic) bond motifs is 1. The molecule has 25 heavy (non-hydrogen) atoms. The molecule has 0 spiro atoms. The van der Waals surface area contributed by atoms with Crippen molar-refractivity contribution in [3.63, 3.8) is 0 Å². The Bertz CT molecular complexity index is 859. The van der Waals surface area contributed by atoms with Crippen LogP contribution in [0.2, 0.25) is 0 Å². The van der Waals surface area contributed by atoms with Gasteiger partial charge in [-0.25, -0.2) is 4.68 Å². The first-order valence-corrected chi connectivity index (χ1v) is 9.46. The lowest BCUT2D eigenvalue weighted by molar-refractivity contribution is -0.116. The summed E-state index contributed by atoms with van der Waals surface area (Å²) in [5.74, 6) is 2.57. The van der Waals surface area contributed by atoms with Crippen molar-refractivity contribution < 1.29 is 9.53 Å². The lowest BCUT2D eigenvalue weighted by atomic mass is 9.85. The van der Waals surface area contributed by atoms with Crippen molar-refractivity contribution in [2.75, 3.05) is 18.2 Å². The molecule has 0 saturated carbocycles. The summed E-state index contributed by atoms with van der Waals surface area (Å²) >= 11 is 1.60. The van der Waals surface area contributed by atoms with Crippen LogP contribution in [0.25, 0.3) is 0 Å². The Morgan fingerprint density at radius 1 is 1.40 bits per heavy atom. The van der Waals surface area contributed by atoms with E-state index in [1.165, 1.54) is 0 Å². The zero-order valence-corrected chi connectivity index (χ0v) is 15.1. The molecule has 130 valence electrons. The molecule has 0 saturated heterocycles. The molecule has 1 atom stereocenters. The van der Waals surface area contributed by atoms with Gasteiger partial charge < -0.3 is 10.1 Å². The number of hydrogen-bond acceptors (Lipinski definition) is 6. The predicted molar refractivity (Wildman–Crippen MR) is 97.1 cm³/mol. The highest BCUT2D eigenvalue weighted by Crippen LogP contribution is 2.41. The third kappa shape index (κ3) is 2.82. The van der Waals surface area contributed by atoms with Crippen LogP contribution < -0.4 is 10.1 Å². The molecule has 1 aliphatic carbocycles. The van der Waals surface area contributed by atoms with Crippen molar-refractivity contribution in [2.24, 2.45) is 0 Å². The van der Waals surface area contributed by atoms with Gasteiger partial charge in [0.1, 0.15) is 11.8 Å². The second kappa shape index (κ2) is 6.55. The van der Waals surface area contributed by atoms with Crippen molar-refractivity contribution in [3.05, 3.63) is 41.1 Å². The average Bonchev–Trinajstić information content (AvgIpc) is 3.02. The third-order valence-electron chi connectivity index (χ3n) is 4.53. The number of anilines is 1. The molecule has 1 N–H and O–H groups in total. The standard InChI is InChI=1S/C18H20N4O2S/c1-3-25-18-20-17-19-13-8-5-9-14(23)15(13)16(22(17)21-18)11-6-4-7-12(10-11)24-2/h4,6-7,10,16H,3,5,8-9H2,1-2H3,(H,19,20,21)/t16-/m1/s1. The number of ketones is 1. The number of methoxy groups -OCH3 is 1. The first-order chi connectivity index (χ1) is 12.2. The summed E-state index contributed by atoms with van der Waals surface area (Å²) in [6, 6.07) is 7.59. The molecule has 0 fully saturated rings. The van der Waals surface area contributed by atoms with E-state index in [1.54, 1.807) is 18.9 Å². The van der Waals surface area contributed by atoms with E-state index < -0.39 is 0 Å². The number of benzene rings is 1. The van der Waals surface area contributed by atoms with Crippen molar-refractivity contribution in [1.82, 2.24) is 14.8 Å². The lowest BCUT2D eigenvalue weighted by Gasteiger charge is -2.32. The maximum Gasteiger partial charge on any atom is 0.227 e. The topological polar surface area (TPSA) is 69.0 Å². The van der Waals surface area contributed by atoms with E-state index in [0.29, 0.717) is 12.4 Å². The van der Waals surface area contributed by atoms with Gasteiger partial charge in [0.15, 0.2) is 5.78 Å². The molecule has 1 aliphatic heterocycles. The van der Waals surface area contributed by atoms with Crippen LogP contribution in [-0.4, -0.2) is 33.4 Å². The Kier molecular flexibility index (Phi) is 4.25. The molecule has 6 nitrogen and oxygen atoms in total. The number of carbonyl (C=O) groups is 1. The molecule has 0 bridgehead atoms. The molecule has 7 heteroatoms. The molecule has 0 amide bonds. The van der Waals surface area contributed by atoms with E-state index >= 15 is 0 Å². The maximum absolute atomic E-state index is 12.7. The Balaban J connectivity index is 1.87. The van der Waals surface area contributed by atoms with Crippen LogP contribution in [0.5, 0.6) is 5.75 Å². The van der Waals surface area contributed by atoms with E-state index in [4.69, 9.17) is 4.74 Å². The number of Topliss-reactive ketones (excluding diaryl/α,β-unsaturated/α-hetero) is 1. The molecule has 1 aromatic carbocycles. The predicted octanol–water partition coefficient (Wildman–Crippen LogP) is 3.42. The molecular weight excluding hydrogens is 336 g/mol. The number of rotatable bonds is 4. The van der Waals surface area contributed by atoms with Crippen LogP contribution in [0.4, 0.5) is 5.95 Å². The Morgan fingerprint density at radius 3 is 3.08 bits per heavy atom. The Labute approximate surface area is 150 Å². The van der Waals surface area contributed by atoms with E-state index in [9.17, 15) is 4.79 Å². The summed E-state index contributed by atoms with van der Waals surface area (Å²) in [6.07, 6.45) is 2.33. The van der Waals surface area contributed by atoms with Crippen LogP contribution in [-0.2, 0) is 4.79 Å². The maximum atomic E-state index is 12.7. The zero-order valence-electron chi connectivity index (χ0n) is 14.3. The van der Waals surface area contributed by atoms with Gasteiger partial charge in [-0.15, -0.1) is 5.10 Å². The average molecular weight is 356 g/mol. The Morgan fingerprint density at radius 2 is 2.28 bits per heavy atom. The minimum absolute atomic E-state index is 0.187. The van der Waals surface area contributed by atoms with E-state index in [0.717, 1.165) is 46.3 Å². The van der Waals surface area contributed by atoms with E-state index in [2.05, 4.69) is 22.3 Å². The first-order valence-electron chi connectivity index (χ1n) is 8.47. The number of carbonyl (C=O) groups excluding carboxylic acids is 1. The SMILES string of the molecule is CCSc1nc2n(n1)[C@H](c1cccc(OC)c1)C1=C(CCCC1=O)N2. The molecule has 4 rings (SSSR count). The van der Waals surface area contributed by atoms with Gasteiger partial charge in [0, 0.05) is 17.7 Å². The monoisotopic (exact) mass is 356 g/mol. The largest absolute Gasteiger partial charge is 0.497 e. The van der Waals surface area contributed by atoms with Gasteiger partial charge in [0.25, 0.3) is 0 Å². The summed E-state index contributed by atoms with van der Waals surface area (Å²) in [6.45, 7) is 2.07. The highest BCUT2D eigenvalue weighted by Gasteiger charge is 2.36. The Hall–Kier alpha value is -2.28. The van der Waals surface area contributed by atoms with Crippen LogP contribution >= 0.6 is 11.8 Å². The summed E-state index contributed by atoms with van der Waals surface area (Å²) in [7, 11) is 1.65. The molecule has 2 aromatic rings. The van der Waals surface area contributed by atoms with Crippen LogP contribution in [0, 0.1) is 0 Å². The fourth-order valence-corrected chi connectivity index (χ4v) is 4.00. The van der Waals surface area contributed by atoms with Gasteiger partial charge in [-0.2, -0.15) is 4.98 Å². The normalized spacial score (nSPS) is 19.3. The van der Waals surface area contributed by atoms with Gasteiger partial charge in [-0.1, -0.05) is 30.8 Å². The van der Waals surface area contributed by atoms with Crippen LogP contribution in [0.3, 0.4) is 0 Å². The number of allylic oxidation sites excluding steroid dienone is 2. The lowest BCUT2D eigenvalue weighted by Crippen LogP contribution is -2.31. The third-order valence-corrected chi connectivity index (χ3v) is 5.25. The van der Waals surface area contributed by atoms with Crippen LogP contribution in [0.15, 0.2) is 40.7 Å². The highest BCUT2D eigenvalue weighted by molar-refractivity contribution is 7.99. The molecular formula is C18H20N4O2S. The summed E-state index contributed by atoms with van der Waals surface area (Å²) in [4.78, 5) is 17.3. The zero-order chi connectivity index (χ0) is 17.4. The number of nitrogens with one attached hydrogen (secondary N) is 1. The van der Waals surface area contributed by atoms with Gasteiger partial charge in [-0.3, -0.25) is 4.79 Å².